The van der Waals surface area contributed by atoms with Crippen LogP contribution in [0.4, 0.5) is 5.69 Å². The van der Waals surface area contributed by atoms with Gasteiger partial charge in [0.15, 0.2) is 0 Å². The first kappa shape index (κ1) is 16.4. The Hall–Kier alpha value is -2.96. The van der Waals surface area contributed by atoms with Crippen molar-refractivity contribution < 1.29 is 14.3 Å². The van der Waals surface area contributed by atoms with Gasteiger partial charge in [0.05, 0.1) is 12.8 Å². The number of anilines is 1. The number of ether oxygens (including phenoxy) is 1. The molecule has 0 saturated carbocycles. The van der Waals surface area contributed by atoms with Crippen molar-refractivity contribution in [1.29, 1.82) is 0 Å². The number of carbonyl (C=O) groups is 2. The molecule has 0 bridgehead atoms. The minimum Gasteiger partial charge on any atom is -0.495 e. The van der Waals surface area contributed by atoms with E-state index in [9.17, 15) is 9.59 Å². The smallest absolute Gasteiger partial charge is 0.292 e. The lowest BCUT2D eigenvalue weighted by Crippen LogP contribution is -2.38. The van der Waals surface area contributed by atoms with Crippen LogP contribution in [0.3, 0.4) is 0 Å². The minimum absolute atomic E-state index is 0.0689. The van der Waals surface area contributed by atoms with E-state index in [1.165, 1.54) is 24.4 Å². The molecule has 2 amide bonds. The Bertz CT molecular complexity index is 676. The van der Waals surface area contributed by atoms with Crippen LogP contribution in [0.1, 0.15) is 17.5 Å². The number of carbonyl (C=O) groups excluding carboxylic acids is 2. The number of rotatable bonds is 6. The zero-order valence-corrected chi connectivity index (χ0v) is 13.0. The zero-order valence-electron chi connectivity index (χ0n) is 13.0. The molecule has 0 spiro atoms. The van der Waals surface area contributed by atoms with Crippen LogP contribution >= 0.6 is 0 Å². The van der Waals surface area contributed by atoms with E-state index < -0.39 is 0 Å². The fourth-order valence-electron chi connectivity index (χ4n) is 1.99. The third-order valence-electron chi connectivity index (χ3n) is 3.14. The van der Waals surface area contributed by atoms with E-state index in [2.05, 4.69) is 15.3 Å². The van der Waals surface area contributed by atoms with Crippen molar-refractivity contribution >= 4 is 17.5 Å². The predicted octanol–water partition coefficient (Wildman–Crippen LogP) is 1.59. The van der Waals surface area contributed by atoms with Crippen molar-refractivity contribution in [3.05, 3.63) is 48.5 Å². The third-order valence-corrected chi connectivity index (χ3v) is 3.14. The summed E-state index contributed by atoms with van der Waals surface area (Å²) < 4.78 is 5.18. The highest BCUT2D eigenvalue weighted by Crippen LogP contribution is 2.22. The normalized spacial score (nSPS) is 10.0. The lowest BCUT2D eigenvalue weighted by Gasteiger charge is -2.19. The van der Waals surface area contributed by atoms with Gasteiger partial charge in [-0.1, -0.05) is 12.1 Å². The van der Waals surface area contributed by atoms with Gasteiger partial charge in [-0.15, -0.1) is 0 Å². The molecule has 1 heterocycles. The van der Waals surface area contributed by atoms with E-state index >= 15 is 0 Å². The molecule has 7 heteroatoms. The second-order valence-corrected chi connectivity index (χ2v) is 4.64. The number of hydrogen-bond acceptors (Lipinski definition) is 5. The summed E-state index contributed by atoms with van der Waals surface area (Å²) in [5.74, 6) is -0.0787. The Labute approximate surface area is 134 Å². The predicted molar refractivity (Wildman–Crippen MR) is 85.2 cm³/mol. The fourth-order valence-corrected chi connectivity index (χ4v) is 1.99. The van der Waals surface area contributed by atoms with Crippen LogP contribution in [0.2, 0.25) is 0 Å². The summed E-state index contributed by atoms with van der Waals surface area (Å²) in [6.45, 7) is 2.07. The van der Waals surface area contributed by atoms with Gasteiger partial charge in [0.1, 0.15) is 12.3 Å². The third kappa shape index (κ3) is 4.26. The molecular formula is C16H18N4O3. The van der Waals surface area contributed by atoms with E-state index in [0.717, 1.165) is 0 Å². The van der Waals surface area contributed by atoms with Gasteiger partial charge < -0.3 is 15.0 Å². The molecule has 1 aromatic heterocycles. The molecule has 0 fully saturated rings. The van der Waals surface area contributed by atoms with Crippen molar-refractivity contribution in [1.82, 2.24) is 14.9 Å². The van der Waals surface area contributed by atoms with Gasteiger partial charge in [0, 0.05) is 18.9 Å². The summed E-state index contributed by atoms with van der Waals surface area (Å²) in [5.41, 5.74) is 0.555. The number of likely N-dealkylation sites (N-methyl/N-ethyl adjacent to an activating group) is 1. The molecule has 0 saturated heterocycles. The largest absolute Gasteiger partial charge is 0.495 e. The average molecular weight is 314 g/mol. The molecule has 0 aliphatic heterocycles. The fraction of sp³-hybridized carbons (Fsp3) is 0.250. The van der Waals surface area contributed by atoms with E-state index in [1.54, 1.807) is 31.2 Å². The average Bonchev–Trinajstić information content (AvgIpc) is 2.60. The monoisotopic (exact) mass is 314 g/mol. The van der Waals surface area contributed by atoms with Crippen LogP contribution in [0, 0.1) is 0 Å². The maximum absolute atomic E-state index is 12.3. The quantitative estimate of drug-likeness (QED) is 0.875. The molecule has 0 aliphatic rings. The molecule has 0 aliphatic carbocycles. The molecule has 1 aromatic carbocycles. The summed E-state index contributed by atoms with van der Waals surface area (Å²) in [4.78, 5) is 33.7. The van der Waals surface area contributed by atoms with Crippen LogP contribution in [0.5, 0.6) is 5.75 Å². The first-order valence-corrected chi connectivity index (χ1v) is 7.14. The standard InChI is InChI=1S/C16H18N4O3/c1-3-20(16(22)15-17-9-6-10-18-15)11-14(21)19-12-7-4-5-8-13(12)23-2/h4-10H,3,11H2,1-2H3,(H,19,21). The molecular weight excluding hydrogens is 296 g/mol. The van der Waals surface area contributed by atoms with Gasteiger partial charge in [-0.2, -0.15) is 0 Å². The molecule has 2 rings (SSSR count). The Morgan fingerprint density at radius 1 is 1.17 bits per heavy atom. The summed E-state index contributed by atoms with van der Waals surface area (Å²) in [5, 5.41) is 2.73. The van der Waals surface area contributed by atoms with Crippen LogP contribution in [0.25, 0.3) is 0 Å². The Morgan fingerprint density at radius 3 is 2.52 bits per heavy atom. The van der Waals surface area contributed by atoms with Crippen molar-refractivity contribution in [3.63, 3.8) is 0 Å². The molecule has 0 atom stereocenters. The molecule has 7 nitrogen and oxygen atoms in total. The first-order chi connectivity index (χ1) is 11.2. The van der Waals surface area contributed by atoms with Gasteiger partial charge in [-0.3, -0.25) is 9.59 Å². The highest BCUT2D eigenvalue weighted by atomic mass is 16.5. The molecule has 0 unspecified atom stereocenters. The van der Waals surface area contributed by atoms with Gasteiger partial charge in [-0.25, -0.2) is 9.97 Å². The number of hydrogen-bond donors (Lipinski definition) is 1. The van der Waals surface area contributed by atoms with E-state index in [4.69, 9.17) is 4.74 Å². The summed E-state index contributed by atoms with van der Waals surface area (Å²) in [7, 11) is 1.53. The highest BCUT2D eigenvalue weighted by Gasteiger charge is 2.19. The van der Waals surface area contributed by atoms with Crippen molar-refractivity contribution in [2.75, 3.05) is 25.5 Å². The lowest BCUT2D eigenvalue weighted by molar-refractivity contribution is -0.116. The Balaban J connectivity index is 2.04. The molecule has 2 aromatic rings. The maximum Gasteiger partial charge on any atom is 0.292 e. The van der Waals surface area contributed by atoms with E-state index in [1.807, 2.05) is 6.07 Å². The van der Waals surface area contributed by atoms with Gasteiger partial charge in [0.25, 0.3) is 5.91 Å². The highest BCUT2D eigenvalue weighted by molar-refractivity contribution is 5.98. The molecule has 120 valence electrons. The number of methoxy groups -OCH3 is 1. The van der Waals surface area contributed by atoms with Crippen LogP contribution in [0.15, 0.2) is 42.7 Å². The second kappa shape index (κ2) is 7.88. The number of benzene rings is 1. The van der Waals surface area contributed by atoms with Crippen LogP contribution < -0.4 is 10.1 Å². The lowest BCUT2D eigenvalue weighted by atomic mass is 10.3. The van der Waals surface area contributed by atoms with Crippen LogP contribution in [-0.2, 0) is 4.79 Å². The zero-order chi connectivity index (χ0) is 16.7. The van der Waals surface area contributed by atoms with Crippen molar-refractivity contribution in [3.8, 4) is 5.75 Å². The summed E-state index contributed by atoms with van der Waals surface area (Å²) >= 11 is 0. The van der Waals surface area contributed by atoms with E-state index in [-0.39, 0.29) is 24.2 Å². The van der Waals surface area contributed by atoms with Crippen molar-refractivity contribution in [2.24, 2.45) is 0 Å². The van der Waals surface area contributed by atoms with Crippen LogP contribution in [-0.4, -0.2) is 46.9 Å². The number of para-hydroxylation sites is 2. The Morgan fingerprint density at radius 2 is 1.87 bits per heavy atom. The summed E-state index contributed by atoms with van der Waals surface area (Å²) in [6, 6.07) is 8.70. The minimum atomic E-state index is -0.386. The Kier molecular flexibility index (Phi) is 5.62. The van der Waals surface area contributed by atoms with Gasteiger partial charge in [0.2, 0.25) is 11.7 Å². The number of amides is 2. The number of aromatic nitrogens is 2. The number of nitrogens with one attached hydrogen (secondary N) is 1. The maximum atomic E-state index is 12.3. The SMILES string of the molecule is CCN(CC(=O)Nc1ccccc1OC)C(=O)c1ncccn1. The van der Waals surface area contributed by atoms with Gasteiger partial charge >= 0.3 is 0 Å². The first-order valence-electron chi connectivity index (χ1n) is 7.14. The molecule has 23 heavy (non-hydrogen) atoms. The van der Waals surface area contributed by atoms with Crippen molar-refractivity contribution in [2.45, 2.75) is 6.92 Å². The van der Waals surface area contributed by atoms with E-state index in [0.29, 0.717) is 18.0 Å². The number of nitrogens with zero attached hydrogens (tertiary/aromatic N) is 3. The summed E-state index contributed by atoms with van der Waals surface area (Å²) in [6.07, 6.45) is 2.98. The topological polar surface area (TPSA) is 84.4 Å². The second-order valence-electron chi connectivity index (χ2n) is 4.64. The molecule has 1 N–H and O–H groups in total. The molecule has 0 radical (unpaired) electrons. The van der Waals surface area contributed by atoms with Gasteiger partial charge in [-0.05, 0) is 25.1 Å².